The van der Waals surface area contributed by atoms with Crippen LogP contribution in [-0.4, -0.2) is 27.9 Å². The number of fused-ring (bicyclic) bond motifs is 1. The maximum Gasteiger partial charge on any atom is 0.140 e. The van der Waals surface area contributed by atoms with Crippen LogP contribution in [0.3, 0.4) is 0 Å². The SMILES string of the molecule is CCCOCCn1cc(CO)c2cccnc21. The number of rotatable bonds is 6. The minimum atomic E-state index is 0.0466. The average Bonchev–Trinajstić information content (AvgIpc) is 2.73. The lowest BCUT2D eigenvalue weighted by molar-refractivity contribution is 0.127. The van der Waals surface area contributed by atoms with E-state index in [4.69, 9.17) is 4.74 Å². The molecule has 0 aliphatic heterocycles. The summed E-state index contributed by atoms with van der Waals surface area (Å²) >= 11 is 0. The van der Waals surface area contributed by atoms with Gasteiger partial charge in [-0.1, -0.05) is 6.92 Å². The van der Waals surface area contributed by atoms with Gasteiger partial charge in [0, 0.05) is 36.5 Å². The topological polar surface area (TPSA) is 47.3 Å². The fraction of sp³-hybridized carbons (Fsp3) is 0.462. The third-order valence-electron chi connectivity index (χ3n) is 2.71. The van der Waals surface area contributed by atoms with E-state index in [1.165, 1.54) is 0 Å². The van der Waals surface area contributed by atoms with Crippen molar-refractivity contribution >= 4 is 11.0 Å². The molecule has 4 nitrogen and oxygen atoms in total. The Bertz CT molecular complexity index is 479. The Hall–Kier alpha value is -1.39. The van der Waals surface area contributed by atoms with E-state index >= 15 is 0 Å². The molecule has 0 atom stereocenters. The molecule has 0 saturated heterocycles. The van der Waals surface area contributed by atoms with Crippen molar-refractivity contribution in [2.24, 2.45) is 0 Å². The van der Waals surface area contributed by atoms with E-state index in [0.717, 1.165) is 36.2 Å². The van der Waals surface area contributed by atoms with Crippen LogP contribution in [0.2, 0.25) is 0 Å². The fourth-order valence-electron chi connectivity index (χ4n) is 1.90. The van der Waals surface area contributed by atoms with Crippen LogP contribution in [0.15, 0.2) is 24.5 Å². The molecule has 4 heteroatoms. The molecule has 0 aliphatic rings. The smallest absolute Gasteiger partial charge is 0.140 e. The number of ether oxygens (including phenoxy) is 1. The van der Waals surface area contributed by atoms with Crippen LogP contribution in [-0.2, 0) is 17.9 Å². The van der Waals surface area contributed by atoms with E-state index < -0.39 is 0 Å². The van der Waals surface area contributed by atoms with E-state index in [2.05, 4.69) is 11.9 Å². The summed E-state index contributed by atoms with van der Waals surface area (Å²) in [6, 6.07) is 3.87. The Kier molecular flexibility index (Phi) is 4.12. The van der Waals surface area contributed by atoms with Gasteiger partial charge in [-0.15, -0.1) is 0 Å². The van der Waals surface area contributed by atoms with Crippen molar-refractivity contribution < 1.29 is 9.84 Å². The zero-order valence-electron chi connectivity index (χ0n) is 10.1. The maximum absolute atomic E-state index is 9.29. The predicted octanol–water partition coefficient (Wildman–Crippen LogP) is 1.96. The highest BCUT2D eigenvalue weighted by Crippen LogP contribution is 2.18. The van der Waals surface area contributed by atoms with Gasteiger partial charge in [-0.2, -0.15) is 0 Å². The zero-order chi connectivity index (χ0) is 12.1. The van der Waals surface area contributed by atoms with Gasteiger partial charge in [0.1, 0.15) is 5.65 Å². The molecular weight excluding hydrogens is 216 g/mol. The molecule has 2 aromatic heterocycles. The second-order valence-electron chi connectivity index (χ2n) is 3.99. The van der Waals surface area contributed by atoms with Crippen LogP contribution in [0.4, 0.5) is 0 Å². The minimum Gasteiger partial charge on any atom is -0.392 e. The number of hydrogen-bond acceptors (Lipinski definition) is 3. The molecule has 2 rings (SSSR count). The molecule has 2 heterocycles. The van der Waals surface area contributed by atoms with Crippen molar-refractivity contribution in [2.45, 2.75) is 26.5 Å². The van der Waals surface area contributed by atoms with Gasteiger partial charge in [0.2, 0.25) is 0 Å². The highest BCUT2D eigenvalue weighted by molar-refractivity contribution is 5.80. The van der Waals surface area contributed by atoms with E-state index in [0.29, 0.717) is 6.61 Å². The third-order valence-corrected chi connectivity index (χ3v) is 2.71. The van der Waals surface area contributed by atoms with Crippen molar-refractivity contribution in [3.63, 3.8) is 0 Å². The fourth-order valence-corrected chi connectivity index (χ4v) is 1.90. The number of aliphatic hydroxyl groups is 1. The Balaban J connectivity index is 2.16. The Morgan fingerprint density at radius 2 is 2.29 bits per heavy atom. The summed E-state index contributed by atoms with van der Waals surface area (Å²) in [6.45, 7) is 4.38. The van der Waals surface area contributed by atoms with E-state index in [-0.39, 0.29) is 6.61 Å². The molecule has 0 spiro atoms. The molecule has 0 unspecified atom stereocenters. The monoisotopic (exact) mass is 234 g/mol. The lowest BCUT2D eigenvalue weighted by Crippen LogP contribution is -2.06. The molecule has 0 aliphatic carbocycles. The first-order valence-electron chi connectivity index (χ1n) is 5.98. The number of nitrogens with zero attached hydrogens (tertiary/aromatic N) is 2. The number of hydrogen-bond donors (Lipinski definition) is 1. The van der Waals surface area contributed by atoms with Crippen LogP contribution in [0, 0.1) is 0 Å². The summed E-state index contributed by atoms with van der Waals surface area (Å²) in [7, 11) is 0. The van der Waals surface area contributed by atoms with Gasteiger partial charge in [-0.25, -0.2) is 4.98 Å². The second-order valence-corrected chi connectivity index (χ2v) is 3.99. The Morgan fingerprint density at radius 1 is 1.41 bits per heavy atom. The molecule has 0 aromatic carbocycles. The van der Waals surface area contributed by atoms with E-state index in [1.807, 2.05) is 22.9 Å². The number of aromatic nitrogens is 2. The third kappa shape index (κ3) is 2.65. The van der Waals surface area contributed by atoms with Crippen molar-refractivity contribution in [3.05, 3.63) is 30.1 Å². The van der Waals surface area contributed by atoms with Crippen LogP contribution < -0.4 is 0 Å². The summed E-state index contributed by atoms with van der Waals surface area (Å²) in [5.74, 6) is 0. The van der Waals surface area contributed by atoms with Crippen LogP contribution in [0.1, 0.15) is 18.9 Å². The largest absolute Gasteiger partial charge is 0.392 e. The second kappa shape index (κ2) is 5.80. The lowest BCUT2D eigenvalue weighted by Gasteiger charge is -2.04. The van der Waals surface area contributed by atoms with E-state index in [1.54, 1.807) is 6.20 Å². The predicted molar refractivity (Wildman–Crippen MR) is 66.8 cm³/mol. The van der Waals surface area contributed by atoms with Gasteiger partial charge < -0.3 is 14.4 Å². The van der Waals surface area contributed by atoms with Crippen molar-refractivity contribution in [1.82, 2.24) is 9.55 Å². The summed E-state index contributed by atoms with van der Waals surface area (Å²) in [5.41, 5.74) is 1.83. The molecule has 0 radical (unpaired) electrons. The van der Waals surface area contributed by atoms with Gasteiger partial charge in [-0.05, 0) is 18.6 Å². The first-order chi connectivity index (χ1) is 8.36. The average molecular weight is 234 g/mol. The summed E-state index contributed by atoms with van der Waals surface area (Å²) < 4.78 is 7.51. The van der Waals surface area contributed by atoms with Gasteiger partial charge in [-0.3, -0.25) is 0 Å². The number of aliphatic hydroxyl groups excluding tert-OH is 1. The highest BCUT2D eigenvalue weighted by Gasteiger charge is 2.07. The van der Waals surface area contributed by atoms with Crippen LogP contribution in [0.5, 0.6) is 0 Å². The first-order valence-corrected chi connectivity index (χ1v) is 5.98. The number of pyridine rings is 1. The van der Waals surface area contributed by atoms with Crippen molar-refractivity contribution in [2.75, 3.05) is 13.2 Å². The Labute approximate surface area is 101 Å². The minimum absolute atomic E-state index is 0.0466. The van der Waals surface area contributed by atoms with E-state index in [9.17, 15) is 5.11 Å². The Morgan fingerprint density at radius 3 is 3.06 bits per heavy atom. The maximum atomic E-state index is 9.29. The molecule has 2 aromatic rings. The summed E-state index contributed by atoms with van der Waals surface area (Å²) in [6.07, 6.45) is 4.76. The van der Waals surface area contributed by atoms with Gasteiger partial charge in [0.15, 0.2) is 0 Å². The standard InChI is InChI=1S/C13H18N2O2/c1-2-7-17-8-6-15-9-11(10-16)12-4-3-5-14-13(12)15/h3-5,9,16H,2,6-8,10H2,1H3. The molecular formula is C13H18N2O2. The van der Waals surface area contributed by atoms with Gasteiger partial charge >= 0.3 is 0 Å². The molecule has 0 bridgehead atoms. The molecule has 92 valence electrons. The molecule has 0 amide bonds. The quantitative estimate of drug-likeness (QED) is 0.777. The summed E-state index contributed by atoms with van der Waals surface area (Å²) in [4.78, 5) is 4.34. The van der Waals surface area contributed by atoms with Crippen molar-refractivity contribution in [3.8, 4) is 0 Å². The normalized spacial score (nSPS) is 11.2. The molecule has 1 N–H and O–H groups in total. The molecule has 0 saturated carbocycles. The van der Waals surface area contributed by atoms with Crippen LogP contribution in [0.25, 0.3) is 11.0 Å². The lowest BCUT2D eigenvalue weighted by atomic mass is 10.2. The van der Waals surface area contributed by atoms with Gasteiger partial charge in [0.25, 0.3) is 0 Å². The van der Waals surface area contributed by atoms with Gasteiger partial charge in [0.05, 0.1) is 13.2 Å². The zero-order valence-corrected chi connectivity index (χ0v) is 10.1. The van der Waals surface area contributed by atoms with Crippen molar-refractivity contribution in [1.29, 1.82) is 0 Å². The summed E-state index contributed by atoms with van der Waals surface area (Å²) in [5, 5.41) is 10.3. The van der Waals surface area contributed by atoms with Crippen LogP contribution >= 0.6 is 0 Å². The molecule has 17 heavy (non-hydrogen) atoms. The highest BCUT2D eigenvalue weighted by atomic mass is 16.5. The first kappa shape index (κ1) is 12.1. The molecule has 0 fully saturated rings.